The molecule has 0 aromatic rings. The van der Waals surface area contributed by atoms with Gasteiger partial charge in [0.1, 0.15) is 17.7 Å². The summed E-state index contributed by atoms with van der Waals surface area (Å²) in [5.74, 6) is -0.696. The molecule has 0 aliphatic heterocycles. The quantitative estimate of drug-likeness (QED) is 0.474. The lowest BCUT2D eigenvalue weighted by atomic mass is 10.0. The Morgan fingerprint density at radius 1 is 1.24 bits per heavy atom. The molecule has 3 atom stereocenters. The highest BCUT2D eigenvalue weighted by molar-refractivity contribution is 7.98. The summed E-state index contributed by atoms with van der Waals surface area (Å²) in [6.45, 7) is 10.6. The summed E-state index contributed by atoms with van der Waals surface area (Å²) in [7, 11) is 1.25. The molecule has 0 aromatic carbocycles. The van der Waals surface area contributed by atoms with Gasteiger partial charge in [-0.15, -0.1) is 6.58 Å². The molecule has 25 heavy (non-hydrogen) atoms. The zero-order chi connectivity index (χ0) is 19.6. The van der Waals surface area contributed by atoms with E-state index in [0.29, 0.717) is 12.2 Å². The van der Waals surface area contributed by atoms with Crippen LogP contribution in [0, 0.1) is 5.92 Å². The lowest BCUT2D eigenvalue weighted by Gasteiger charge is -2.26. The van der Waals surface area contributed by atoms with Gasteiger partial charge in [0.25, 0.3) is 0 Å². The maximum atomic E-state index is 12.6. The van der Waals surface area contributed by atoms with E-state index >= 15 is 0 Å². The van der Waals surface area contributed by atoms with Crippen LogP contribution in [-0.4, -0.2) is 54.8 Å². The van der Waals surface area contributed by atoms with Crippen molar-refractivity contribution in [2.24, 2.45) is 5.92 Å². The highest BCUT2D eigenvalue weighted by atomic mass is 32.2. The van der Waals surface area contributed by atoms with E-state index in [1.54, 1.807) is 45.5 Å². The van der Waals surface area contributed by atoms with Gasteiger partial charge in [0.05, 0.1) is 7.11 Å². The molecule has 0 aromatic heterocycles. The molecule has 144 valence electrons. The highest BCUT2D eigenvalue weighted by Crippen LogP contribution is 2.10. The Balaban J connectivity index is 5.10. The van der Waals surface area contributed by atoms with Gasteiger partial charge in [0.2, 0.25) is 5.91 Å². The van der Waals surface area contributed by atoms with Crippen LogP contribution >= 0.6 is 11.8 Å². The summed E-state index contributed by atoms with van der Waals surface area (Å²) in [4.78, 5) is 36.4. The van der Waals surface area contributed by atoms with Crippen molar-refractivity contribution in [3.63, 3.8) is 0 Å². The van der Waals surface area contributed by atoms with E-state index in [-0.39, 0.29) is 5.92 Å². The third kappa shape index (κ3) is 9.38. The van der Waals surface area contributed by atoms with Gasteiger partial charge in [-0.05, 0) is 39.2 Å². The molecule has 0 rings (SSSR count). The highest BCUT2D eigenvalue weighted by Gasteiger charge is 2.30. The molecule has 0 aliphatic rings. The molecule has 0 fully saturated rings. The molecule has 0 heterocycles. The van der Waals surface area contributed by atoms with Crippen LogP contribution in [0.5, 0.6) is 0 Å². The molecule has 0 aliphatic carbocycles. The summed E-state index contributed by atoms with van der Waals surface area (Å²) in [5.41, 5.74) is -0.670. The molecule has 0 saturated heterocycles. The van der Waals surface area contributed by atoms with Crippen molar-refractivity contribution in [1.29, 1.82) is 0 Å². The second-order valence-corrected chi connectivity index (χ2v) is 7.57. The fourth-order valence-electron chi connectivity index (χ4n) is 1.88. The largest absolute Gasteiger partial charge is 0.467 e. The van der Waals surface area contributed by atoms with Gasteiger partial charge in [-0.2, -0.15) is 11.8 Å². The number of alkyl carbamates (subject to hydrolysis) is 1. The molecule has 0 spiro atoms. The number of thioether (sulfide) groups is 1. The fraction of sp³-hybridized carbons (Fsp3) is 0.706. The molecule has 2 amide bonds. The third-order valence-corrected chi connectivity index (χ3v) is 3.91. The Bertz CT molecular complexity index is 476. The number of esters is 1. The summed E-state index contributed by atoms with van der Waals surface area (Å²) < 4.78 is 9.92. The van der Waals surface area contributed by atoms with Crippen LogP contribution in [0.1, 0.15) is 34.1 Å². The second-order valence-electron chi connectivity index (χ2n) is 6.58. The average Bonchev–Trinajstić information content (AvgIpc) is 2.52. The first-order valence-corrected chi connectivity index (χ1v) is 9.44. The van der Waals surface area contributed by atoms with Crippen LogP contribution in [-0.2, 0) is 19.1 Å². The molecule has 7 nitrogen and oxygen atoms in total. The number of carbonyl (C=O) groups excluding carboxylic acids is 3. The van der Waals surface area contributed by atoms with Gasteiger partial charge >= 0.3 is 12.1 Å². The predicted molar refractivity (Wildman–Crippen MR) is 99.5 cm³/mol. The molecule has 8 heteroatoms. The van der Waals surface area contributed by atoms with E-state index in [1.165, 1.54) is 7.11 Å². The third-order valence-electron chi connectivity index (χ3n) is 3.27. The minimum Gasteiger partial charge on any atom is -0.467 e. The number of hydrogen-bond acceptors (Lipinski definition) is 6. The summed E-state index contributed by atoms with van der Waals surface area (Å²) in [6, 6.07) is -1.68. The van der Waals surface area contributed by atoms with Crippen molar-refractivity contribution >= 4 is 29.7 Å². The molecule has 0 saturated carbocycles. The molecule has 0 bridgehead atoms. The van der Waals surface area contributed by atoms with Gasteiger partial charge in [0.15, 0.2) is 0 Å². The molecule has 0 unspecified atom stereocenters. The van der Waals surface area contributed by atoms with Crippen molar-refractivity contribution in [2.75, 3.05) is 19.1 Å². The van der Waals surface area contributed by atoms with Crippen molar-refractivity contribution in [3.05, 3.63) is 12.7 Å². The minimum absolute atomic E-state index is 0.320. The number of carbonyl (C=O) groups is 3. The number of ether oxygens (including phenoxy) is 2. The standard InChI is InChI=1S/C17H30N2O5S/c1-8-11(2)13(15(21)23-6)19-14(20)12(9-10-25-7)18-16(22)24-17(3,4)5/h8,11-13H,1,9-10H2,2-7H3,(H,18,22)(H,19,20)/t11-,12+,13-/m1/s1. The zero-order valence-corrected chi connectivity index (χ0v) is 16.7. The predicted octanol–water partition coefficient (Wildman–Crippen LogP) is 2.11. The van der Waals surface area contributed by atoms with Gasteiger partial charge in [-0.1, -0.05) is 13.0 Å². The van der Waals surface area contributed by atoms with Gasteiger partial charge in [0, 0.05) is 5.92 Å². The average molecular weight is 375 g/mol. The number of nitrogens with one attached hydrogen (secondary N) is 2. The Labute approximate surface area is 154 Å². The number of hydrogen-bond donors (Lipinski definition) is 2. The van der Waals surface area contributed by atoms with Crippen molar-refractivity contribution in [1.82, 2.24) is 10.6 Å². The lowest BCUT2D eigenvalue weighted by Crippen LogP contribution is -2.54. The zero-order valence-electron chi connectivity index (χ0n) is 15.9. The van der Waals surface area contributed by atoms with E-state index in [1.807, 2.05) is 6.26 Å². The second kappa shape index (κ2) is 11.0. The molecular formula is C17H30N2O5S. The fourth-order valence-corrected chi connectivity index (χ4v) is 2.35. The van der Waals surface area contributed by atoms with Crippen LogP contribution in [0.3, 0.4) is 0 Å². The van der Waals surface area contributed by atoms with Crippen LogP contribution in [0.2, 0.25) is 0 Å². The van der Waals surface area contributed by atoms with E-state index < -0.39 is 35.7 Å². The molecule has 2 N–H and O–H groups in total. The smallest absolute Gasteiger partial charge is 0.408 e. The number of amides is 2. The number of rotatable bonds is 9. The number of methoxy groups -OCH3 is 1. The van der Waals surface area contributed by atoms with E-state index in [4.69, 9.17) is 9.47 Å². The Morgan fingerprint density at radius 3 is 2.28 bits per heavy atom. The topological polar surface area (TPSA) is 93.7 Å². The summed E-state index contributed by atoms with van der Waals surface area (Å²) in [6.07, 6.45) is 3.18. The van der Waals surface area contributed by atoms with E-state index in [2.05, 4.69) is 17.2 Å². The van der Waals surface area contributed by atoms with E-state index in [9.17, 15) is 14.4 Å². The Hall–Kier alpha value is -1.70. The first-order valence-electron chi connectivity index (χ1n) is 8.05. The van der Waals surface area contributed by atoms with Crippen LogP contribution in [0.15, 0.2) is 12.7 Å². The Kier molecular flexibility index (Phi) is 10.3. The van der Waals surface area contributed by atoms with Gasteiger partial charge in [-0.3, -0.25) is 4.79 Å². The van der Waals surface area contributed by atoms with Crippen molar-refractivity contribution < 1.29 is 23.9 Å². The first kappa shape index (κ1) is 23.3. The van der Waals surface area contributed by atoms with Gasteiger partial charge in [-0.25, -0.2) is 9.59 Å². The first-order chi connectivity index (χ1) is 11.6. The molecular weight excluding hydrogens is 344 g/mol. The maximum absolute atomic E-state index is 12.6. The van der Waals surface area contributed by atoms with Crippen LogP contribution < -0.4 is 10.6 Å². The van der Waals surface area contributed by atoms with E-state index in [0.717, 1.165) is 0 Å². The minimum atomic E-state index is -0.868. The monoisotopic (exact) mass is 374 g/mol. The SMILES string of the molecule is C=C[C@@H](C)[C@@H](NC(=O)[C@H](CCSC)NC(=O)OC(C)(C)C)C(=O)OC. The normalized spacial score (nSPS) is 14.6. The van der Waals surface area contributed by atoms with Crippen LogP contribution in [0.4, 0.5) is 4.79 Å². The van der Waals surface area contributed by atoms with Crippen molar-refractivity contribution in [2.45, 2.75) is 51.8 Å². The lowest BCUT2D eigenvalue weighted by molar-refractivity contribution is -0.146. The maximum Gasteiger partial charge on any atom is 0.408 e. The summed E-state index contributed by atoms with van der Waals surface area (Å²) >= 11 is 1.55. The molecule has 0 radical (unpaired) electrons. The van der Waals surface area contributed by atoms with Gasteiger partial charge < -0.3 is 20.1 Å². The Morgan fingerprint density at radius 2 is 1.84 bits per heavy atom. The van der Waals surface area contributed by atoms with Crippen molar-refractivity contribution in [3.8, 4) is 0 Å². The summed E-state index contributed by atoms with van der Waals surface area (Å²) in [5, 5.41) is 5.19. The van der Waals surface area contributed by atoms with Crippen LogP contribution in [0.25, 0.3) is 0 Å².